The first kappa shape index (κ1) is 25.3. The second-order valence-corrected chi connectivity index (χ2v) is 8.33. The van der Waals surface area contributed by atoms with Crippen LogP contribution in [0.4, 0.5) is 18.9 Å². The van der Waals surface area contributed by atoms with Crippen molar-refractivity contribution in [1.29, 1.82) is 0 Å². The molecule has 0 atom stereocenters. The largest absolute Gasteiger partial charge is 0.418 e. The summed E-state index contributed by atoms with van der Waals surface area (Å²) in [5.74, 6) is -0.333. The van der Waals surface area contributed by atoms with Crippen LogP contribution in [0.15, 0.2) is 59.8 Å². The van der Waals surface area contributed by atoms with Crippen molar-refractivity contribution in [1.82, 2.24) is 19.7 Å². The zero-order valence-electron chi connectivity index (χ0n) is 18.7. The van der Waals surface area contributed by atoms with Crippen molar-refractivity contribution >= 4 is 29.3 Å². The molecule has 34 heavy (non-hydrogen) atoms. The zero-order chi connectivity index (χ0) is 24.7. The highest BCUT2D eigenvalue weighted by molar-refractivity contribution is 7.99. The number of carbonyl (C=O) groups is 2. The van der Waals surface area contributed by atoms with Crippen molar-refractivity contribution < 1.29 is 22.8 Å². The minimum Gasteiger partial charge on any atom is -0.333 e. The number of likely N-dealkylation sites (N-methyl/N-ethyl adjacent to an activating group) is 1. The topological polar surface area (TPSA) is 80.1 Å². The zero-order valence-corrected chi connectivity index (χ0v) is 19.5. The molecule has 2 amide bonds. The molecule has 3 aromatic rings. The standard InChI is InChI=1S/C23H24F3N5O2S/c1-3-30(14-20(32)27-19-12-8-7-11-18(19)23(24,25)26)21(33)15-34-22-29-28-16(2)31(22)13-17-9-5-4-6-10-17/h4-12H,3,13-15H2,1-2H3,(H,27,32). The summed E-state index contributed by atoms with van der Waals surface area (Å²) in [6.07, 6.45) is -4.60. The van der Waals surface area contributed by atoms with Gasteiger partial charge in [0.25, 0.3) is 0 Å². The van der Waals surface area contributed by atoms with Crippen LogP contribution in [0, 0.1) is 6.92 Å². The molecule has 0 spiro atoms. The molecule has 0 aliphatic rings. The molecule has 1 aromatic heterocycles. The van der Waals surface area contributed by atoms with Crippen LogP contribution < -0.4 is 5.32 Å². The van der Waals surface area contributed by atoms with Crippen LogP contribution in [0.5, 0.6) is 0 Å². The molecule has 0 aliphatic carbocycles. The Morgan fingerprint density at radius 1 is 1.06 bits per heavy atom. The number of amides is 2. The average Bonchev–Trinajstić information content (AvgIpc) is 3.15. The molecule has 0 aliphatic heterocycles. The predicted octanol–water partition coefficient (Wildman–Crippen LogP) is 4.23. The van der Waals surface area contributed by atoms with Crippen molar-refractivity contribution in [3.8, 4) is 0 Å². The summed E-state index contributed by atoms with van der Waals surface area (Å²) in [6, 6.07) is 14.5. The van der Waals surface area contributed by atoms with Crippen LogP contribution in [0.3, 0.4) is 0 Å². The molecule has 0 fully saturated rings. The van der Waals surface area contributed by atoms with Crippen LogP contribution in [0.25, 0.3) is 0 Å². The third kappa shape index (κ3) is 6.60. The monoisotopic (exact) mass is 491 g/mol. The van der Waals surface area contributed by atoms with E-state index in [1.54, 1.807) is 6.92 Å². The minimum atomic E-state index is -4.60. The minimum absolute atomic E-state index is 0.00712. The highest BCUT2D eigenvalue weighted by atomic mass is 32.2. The average molecular weight is 492 g/mol. The Bertz CT molecular complexity index is 1140. The fraction of sp³-hybridized carbons (Fsp3) is 0.304. The van der Waals surface area contributed by atoms with E-state index < -0.39 is 17.6 Å². The van der Waals surface area contributed by atoms with E-state index in [4.69, 9.17) is 0 Å². The number of para-hydroxylation sites is 1. The maximum absolute atomic E-state index is 13.2. The van der Waals surface area contributed by atoms with E-state index in [1.807, 2.05) is 41.8 Å². The van der Waals surface area contributed by atoms with E-state index >= 15 is 0 Å². The molecule has 0 unspecified atom stereocenters. The molecular formula is C23H24F3N5O2S. The number of halogens is 3. The van der Waals surface area contributed by atoms with E-state index in [-0.39, 0.29) is 30.4 Å². The van der Waals surface area contributed by atoms with Crippen LogP contribution in [-0.4, -0.2) is 50.3 Å². The number of benzene rings is 2. The Balaban J connectivity index is 1.60. The van der Waals surface area contributed by atoms with Gasteiger partial charge in [0.15, 0.2) is 5.16 Å². The number of alkyl halides is 3. The number of hydrogen-bond donors (Lipinski definition) is 1. The van der Waals surface area contributed by atoms with Crippen LogP contribution >= 0.6 is 11.8 Å². The van der Waals surface area contributed by atoms with E-state index in [0.29, 0.717) is 17.5 Å². The van der Waals surface area contributed by atoms with E-state index in [0.717, 1.165) is 11.6 Å². The fourth-order valence-corrected chi connectivity index (χ4v) is 4.10. The molecule has 0 saturated heterocycles. The second-order valence-electron chi connectivity index (χ2n) is 7.39. The number of anilines is 1. The van der Waals surface area contributed by atoms with E-state index in [9.17, 15) is 22.8 Å². The molecule has 1 N–H and O–H groups in total. The molecule has 0 saturated carbocycles. The van der Waals surface area contributed by atoms with Gasteiger partial charge in [-0.05, 0) is 31.5 Å². The maximum atomic E-state index is 13.2. The third-order valence-corrected chi connectivity index (χ3v) is 5.94. The summed E-state index contributed by atoms with van der Waals surface area (Å²) in [6.45, 7) is 3.93. The van der Waals surface area contributed by atoms with Crippen LogP contribution in [0.1, 0.15) is 23.9 Å². The number of carbonyl (C=O) groups excluding carboxylic acids is 2. The lowest BCUT2D eigenvalue weighted by molar-refractivity contribution is -0.137. The van der Waals surface area contributed by atoms with Gasteiger partial charge in [0, 0.05) is 6.54 Å². The Morgan fingerprint density at radius 3 is 2.41 bits per heavy atom. The molecule has 1 heterocycles. The van der Waals surface area contributed by atoms with Crippen molar-refractivity contribution in [3.63, 3.8) is 0 Å². The van der Waals surface area contributed by atoms with Gasteiger partial charge >= 0.3 is 6.18 Å². The number of hydrogen-bond acceptors (Lipinski definition) is 5. The molecule has 2 aromatic carbocycles. The van der Waals surface area contributed by atoms with Crippen molar-refractivity contribution in [2.24, 2.45) is 0 Å². The first-order valence-corrected chi connectivity index (χ1v) is 11.5. The van der Waals surface area contributed by atoms with Crippen LogP contribution in [0.2, 0.25) is 0 Å². The SMILES string of the molecule is CCN(CC(=O)Nc1ccccc1C(F)(F)F)C(=O)CSc1nnc(C)n1Cc1ccccc1. The second kappa shape index (κ2) is 11.2. The Morgan fingerprint density at radius 2 is 1.74 bits per heavy atom. The van der Waals surface area contributed by atoms with Crippen molar-refractivity contribution in [2.45, 2.75) is 31.7 Å². The normalized spacial score (nSPS) is 11.3. The summed E-state index contributed by atoms with van der Waals surface area (Å²) in [5, 5.41) is 11.1. The molecule has 180 valence electrons. The quantitative estimate of drug-likeness (QED) is 0.453. The van der Waals surface area contributed by atoms with E-state index in [2.05, 4.69) is 15.5 Å². The van der Waals surface area contributed by atoms with Gasteiger partial charge in [-0.1, -0.05) is 54.2 Å². The molecule has 0 bridgehead atoms. The van der Waals surface area contributed by atoms with Crippen LogP contribution in [-0.2, 0) is 22.3 Å². The summed E-state index contributed by atoms with van der Waals surface area (Å²) in [4.78, 5) is 26.4. The highest BCUT2D eigenvalue weighted by Crippen LogP contribution is 2.34. The van der Waals surface area contributed by atoms with Gasteiger partial charge < -0.3 is 14.8 Å². The van der Waals surface area contributed by atoms with Gasteiger partial charge in [0.05, 0.1) is 30.1 Å². The number of thioether (sulfide) groups is 1. The van der Waals surface area contributed by atoms with Gasteiger partial charge in [0.2, 0.25) is 11.8 Å². The summed E-state index contributed by atoms with van der Waals surface area (Å²) in [7, 11) is 0. The Hall–Kier alpha value is -3.34. The number of rotatable bonds is 9. The van der Waals surface area contributed by atoms with Crippen molar-refractivity contribution in [2.75, 3.05) is 24.2 Å². The number of aryl methyl sites for hydroxylation is 1. The van der Waals surface area contributed by atoms with E-state index in [1.165, 1.54) is 34.9 Å². The molecule has 11 heteroatoms. The fourth-order valence-electron chi connectivity index (χ4n) is 3.21. The number of nitrogens with zero attached hydrogens (tertiary/aromatic N) is 4. The summed E-state index contributed by atoms with van der Waals surface area (Å²) < 4.78 is 41.4. The summed E-state index contributed by atoms with van der Waals surface area (Å²) in [5.41, 5.74) is -0.228. The Kier molecular flexibility index (Phi) is 8.32. The first-order valence-electron chi connectivity index (χ1n) is 10.5. The Labute approximate surface area is 199 Å². The van der Waals surface area contributed by atoms with Crippen molar-refractivity contribution in [3.05, 3.63) is 71.5 Å². The third-order valence-electron chi connectivity index (χ3n) is 4.99. The van der Waals surface area contributed by atoms with Gasteiger partial charge in [-0.15, -0.1) is 10.2 Å². The molecule has 7 nitrogen and oxygen atoms in total. The van der Waals surface area contributed by atoms with Gasteiger partial charge in [-0.25, -0.2) is 0 Å². The first-order chi connectivity index (χ1) is 16.2. The maximum Gasteiger partial charge on any atom is 0.418 e. The lowest BCUT2D eigenvalue weighted by Crippen LogP contribution is -2.39. The smallest absolute Gasteiger partial charge is 0.333 e. The molecule has 0 radical (unpaired) electrons. The van der Waals surface area contributed by atoms with Gasteiger partial charge in [-0.2, -0.15) is 13.2 Å². The van der Waals surface area contributed by atoms with Gasteiger partial charge in [-0.3, -0.25) is 9.59 Å². The van der Waals surface area contributed by atoms with Gasteiger partial charge in [0.1, 0.15) is 5.82 Å². The summed E-state index contributed by atoms with van der Waals surface area (Å²) >= 11 is 1.19. The molecular weight excluding hydrogens is 467 g/mol. The molecule has 3 rings (SSSR count). The number of aromatic nitrogens is 3. The number of nitrogens with one attached hydrogen (secondary N) is 1. The lowest BCUT2D eigenvalue weighted by atomic mass is 10.1. The lowest BCUT2D eigenvalue weighted by Gasteiger charge is -2.21. The predicted molar refractivity (Wildman–Crippen MR) is 123 cm³/mol. The highest BCUT2D eigenvalue weighted by Gasteiger charge is 2.33.